The largest absolute Gasteiger partial charge is 0.392 e. The number of likely N-dealkylation sites (N-methyl/N-ethyl adjacent to an activating group) is 1. The van der Waals surface area contributed by atoms with Gasteiger partial charge in [0.15, 0.2) is 0 Å². The Labute approximate surface area is 123 Å². The Balaban J connectivity index is -0.000000210. The number of nitrogens with two attached hydrogens (primary N) is 1. The Morgan fingerprint density at radius 3 is 1.80 bits per heavy atom. The van der Waals surface area contributed by atoms with Crippen LogP contribution in [-0.4, -0.2) is 63.0 Å². The maximum absolute atomic E-state index is 9.82. The SMILES string of the molecule is CC(C)(C)CC=O.CN1CCC(O)C1.CNC.NC=O. The first-order valence-corrected chi connectivity index (χ1v) is 6.72. The van der Waals surface area contributed by atoms with Gasteiger partial charge in [0, 0.05) is 19.5 Å². The molecular formula is C14H33N3O3. The van der Waals surface area contributed by atoms with E-state index in [1.807, 2.05) is 41.9 Å². The van der Waals surface area contributed by atoms with Crippen molar-refractivity contribution >= 4 is 12.7 Å². The summed E-state index contributed by atoms with van der Waals surface area (Å²) in [5, 5.41) is 11.6. The van der Waals surface area contributed by atoms with Gasteiger partial charge in [-0.3, -0.25) is 4.79 Å². The zero-order valence-electron chi connectivity index (χ0n) is 13.8. The van der Waals surface area contributed by atoms with Gasteiger partial charge >= 0.3 is 0 Å². The van der Waals surface area contributed by atoms with Gasteiger partial charge in [-0.05, 0) is 33.0 Å². The number of likely N-dealkylation sites (tertiary alicyclic amines) is 1. The highest BCUT2D eigenvalue weighted by Gasteiger charge is 2.15. The monoisotopic (exact) mass is 291 g/mol. The second-order valence-corrected chi connectivity index (χ2v) is 5.77. The first-order valence-electron chi connectivity index (χ1n) is 6.72. The van der Waals surface area contributed by atoms with Crippen LogP contribution in [0.25, 0.3) is 0 Å². The molecule has 1 heterocycles. The summed E-state index contributed by atoms with van der Waals surface area (Å²) in [7, 11) is 5.77. The van der Waals surface area contributed by atoms with Gasteiger partial charge in [0.1, 0.15) is 6.29 Å². The minimum Gasteiger partial charge on any atom is -0.392 e. The van der Waals surface area contributed by atoms with Crippen LogP contribution >= 0.6 is 0 Å². The number of hydrogen-bond donors (Lipinski definition) is 3. The summed E-state index contributed by atoms with van der Waals surface area (Å²) in [6, 6.07) is 0. The van der Waals surface area contributed by atoms with Crippen molar-refractivity contribution in [1.29, 1.82) is 0 Å². The van der Waals surface area contributed by atoms with Crippen LogP contribution in [0.1, 0.15) is 33.6 Å². The van der Waals surface area contributed by atoms with Crippen LogP contribution in [0.3, 0.4) is 0 Å². The Morgan fingerprint density at radius 1 is 1.35 bits per heavy atom. The van der Waals surface area contributed by atoms with Gasteiger partial charge in [0.2, 0.25) is 6.41 Å². The highest BCUT2D eigenvalue weighted by molar-refractivity contribution is 5.50. The van der Waals surface area contributed by atoms with E-state index in [1.165, 1.54) is 0 Å². The molecule has 1 fully saturated rings. The molecule has 0 bridgehead atoms. The maximum Gasteiger partial charge on any atom is 0.204 e. The average Bonchev–Trinajstić information content (AvgIpc) is 2.64. The number of aliphatic hydroxyl groups excluding tert-OH is 1. The van der Waals surface area contributed by atoms with E-state index in [1.54, 1.807) is 0 Å². The number of nitrogens with one attached hydrogen (secondary N) is 1. The van der Waals surface area contributed by atoms with Crippen molar-refractivity contribution in [3.05, 3.63) is 0 Å². The van der Waals surface area contributed by atoms with Crippen molar-refractivity contribution in [2.24, 2.45) is 11.1 Å². The summed E-state index contributed by atoms with van der Waals surface area (Å²) in [4.78, 5) is 20.5. The molecule has 0 radical (unpaired) electrons. The van der Waals surface area contributed by atoms with Crippen molar-refractivity contribution in [1.82, 2.24) is 10.2 Å². The van der Waals surface area contributed by atoms with Gasteiger partial charge in [-0.1, -0.05) is 20.8 Å². The van der Waals surface area contributed by atoms with E-state index in [9.17, 15) is 4.79 Å². The standard InChI is InChI=1S/C6H12O.C5H11NO.C2H7N.CH3NO/c1-6(2,3)4-5-7;1-6-3-2-5(7)4-6;1-3-2;2-1-3/h5H,4H2,1-3H3;5,7H,2-4H2,1H3;3H,1-2H3;1H,(H2,2,3). The number of nitrogens with zero attached hydrogens (tertiary/aromatic N) is 1. The minimum absolute atomic E-state index is 0.0509. The minimum atomic E-state index is -0.0509. The van der Waals surface area contributed by atoms with Crippen molar-refractivity contribution in [3.8, 4) is 0 Å². The third kappa shape index (κ3) is 30.2. The summed E-state index contributed by atoms with van der Waals surface area (Å²) in [5.41, 5.74) is 4.35. The number of β-amino-alcohol motifs (C(OH)–C–C–N with tert-alkyl or cyclic N) is 1. The molecule has 1 unspecified atom stereocenters. The number of aldehydes is 1. The molecule has 0 aliphatic carbocycles. The second-order valence-electron chi connectivity index (χ2n) is 5.77. The van der Waals surface area contributed by atoms with E-state index in [0.717, 1.165) is 25.8 Å². The van der Waals surface area contributed by atoms with Crippen LogP contribution < -0.4 is 11.1 Å². The lowest BCUT2D eigenvalue weighted by molar-refractivity contribution is -0.109. The van der Waals surface area contributed by atoms with E-state index in [4.69, 9.17) is 9.90 Å². The summed E-state index contributed by atoms with van der Waals surface area (Å²) in [5.74, 6) is 0. The molecule has 122 valence electrons. The Hall–Kier alpha value is -0.980. The van der Waals surface area contributed by atoms with E-state index >= 15 is 0 Å². The van der Waals surface area contributed by atoms with Crippen molar-refractivity contribution in [3.63, 3.8) is 0 Å². The lowest BCUT2D eigenvalue weighted by Gasteiger charge is -2.11. The molecule has 1 rings (SSSR count). The van der Waals surface area contributed by atoms with Crippen LogP contribution in [-0.2, 0) is 9.59 Å². The molecule has 1 saturated heterocycles. The molecule has 0 aromatic carbocycles. The highest BCUT2D eigenvalue weighted by Crippen LogP contribution is 2.15. The van der Waals surface area contributed by atoms with E-state index in [-0.39, 0.29) is 17.9 Å². The molecule has 0 saturated carbocycles. The molecule has 1 aliphatic rings. The smallest absolute Gasteiger partial charge is 0.204 e. The second kappa shape index (κ2) is 16.1. The fraction of sp³-hybridized carbons (Fsp3) is 0.857. The third-order valence-corrected chi connectivity index (χ3v) is 2.06. The van der Waals surface area contributed by atoms with E-state index in [2.05, 4.69) is 16.0 Å². The van der Waals surface area contributed by atoms with Crippen LogP contribution in [0.2, 0.25) is 0 Å². The van der Waals surface area contributed by atoms with Crippen molar-refractivity contribution < 1.29 is 14.7 Å². The molecule has 6 nitrogen and oxygen atoms in total. The quantitative estimate of drug-likeness (QED) is 0.602. The molecule has 0 aromatic rings. The Morgan fingerprint density at radius 2 is 1.75 bits per heavy atom. The van der Waals surface area contributed by atoms with Crippen molar-refractivity contribution in [2.75, 3.05) is 34.2 Å². The topological polar surface area (TPSA) is 95.7 Å². The summed E-state index contributed by atoms with van der Waals surface area (Å²) in [6.45, 7) is 8.05. The molecule has 1 amide bonds. The highest BCUT2D eigenvalue weighted by atomic mass is 16.3. The number of aliphatic hydroxyl groups is 1. The number of hydrogen-bond acceptors (Lipinski definition) is 5. The predicted molar refractivity (Wildman–Crippen MR) is 83.5 cm³/mol. The maximum atomic E-state index is 9.82. The van der Waals surface area contributed by atoms with Crippen LogP contribution in [0.5, 0.6) is 0 Å². The number of carbonyl (C=O) groups excluding carboxylic acids is 2. The summed E-state index contributed by atoms with van der Waals surface area (Å²) in [6.07, 6.45) is 2.77. The van der Waals surface area contributed by atoms with Gasteiger partial charge in [0.25, 0.3) is 0 Å². The van der Waals surface area contributed by atoms with Crippen molar-refractivity contribution in [2.45, 2.75) is 39.7 Å². The molecule has 20 heavy (non-hydrogen) atoms. The number of primary amides is 1. The zero-order chi connectivity index (χ0) is 16.6. The lowest BCUT2D eigenvalue weighted by atomic mass is 9.93. The fourth-order valence-electron chi connectivity index (χ4n) is 1.16. The first kappa shape index (κ1) is 24.1. The van der Waals surface area contributed by atoms with E-state index < -0.39 is 0 Å². The number of amides is 1. The fourth-order valence-corrected chi connectivity index (χ4v) is 1.16. The molecule has 1 atom stereocenters. The molecule has 0 spiro atoms. The third-order valence-electron chi connectivity index (χ3n) is 2.06. The average molecular weight is 291 g/mol. The van der Waals surface area contributed by atoms with Gasteiger partial charge in [-0.25, -0.2) is 0 Å². The molecular weight excluding hydrogens is 258 g/mol. The lowest BCUT2D eigenvalue weighted by Crippen LogP contribution is -2.15. The molecule has 4 N–H and O–H groups in total. The zero-order valence-corrected chi connectivity index (χ0v) is 13.8. The van der Waals surface area contributed by atoms with Crippen LogP contribution in [0, 0.1) is 5.41 Å². The normalized spacial score (nSPS) is 17.4. The van der Waals surface area contributed by atoms with Crippen LogP contribution in [0.15, 0.2) is 0 Å². The van der Waals surface area contributed by atoms with Gasteiger partial charge in [-0.2, -0.15) is 0 Å². The summed E-state index contributed by atoms with van der Waals surface area (Å²) >= 11 is 0. The molecule has 6 heteroatoms. The predicted octanol–water partition coefficient (Wildman–Crippen LogP) is 0.241. The molecule has 1 aliphatic heterocycles. The Bertz CT molecular complexity index is 210. The van der Waals surface area contributed by atoms with Gasteiger partial charge in [0.05, 0.1) is 6.10 Å². The summed E-state index contributed by atoms with van der Waals surface area (Å²) < 4.78 is 0. The van der Waals surface area contributed by atoms with Gasteiger partial charge < -0.3 is 25.9 Å². The first-order chi connectivity index (χ1) is 9.18. The number of carbonyl (C=O) groups is 2. The van der Waals surface area contributed by atoms with Crippen LogP contribution in [0.4, 0.5) is 0 Å². The van der Waals surface area contributed by atoms with Gasteiger partial charge in [-0.15, -0.1) is 0 Å². The van der Waals surface area contributed by atoms with E-state index in [0.29, 0.717) is 6.42 Å². The molecule has 0 aromatic heterocycles. The number of rotatable bonds is 1. The Kier molecular flexibility index (Phi) is 19.3.